The van der Waals surface area contributed by atoms with Crippen LogP contribution in [0.5, 0.6) is 0 Å². The van der Waals surface area contributed by atoms with Crippen molar-refractivity contribution in [1.29, 1.82) is 0 Å². The van der Waals surface area contributed by atoms with Crippen molar-refractivity contribution < 1.29 is 18.9 Å². The van der Waals surface area contributed by atoms with E-state index in [1.807, 2.05) is 6.92 Å². The third-order valence-corrected chi connectivity index (χ3v) is 5.27. The molecule has 140 valence electrons. The third kappa shape index (κ3) is 5.55. The quantitative estimate of drug-likeness (QED) is 0.569. The van der Waals surface area contributed by atoms with E-state index in [0.29, 0.717) is 30.5 Å². The highest BCUT2D eigenvalue weighted by atomic mass is 16.7. The monoisotopic (exact) mass is 340 g/mol. The first-order valence-electron chi connectivity index (χ1n) is 9.21. The van der Waals surface area contributed by atoms with E-state index in [-0.39, 0.29) is 16.8 Å². The number of hydrogen-bond donors (Lipinski definition) is 0. The second-order valence-electron chi connectivity index (χ2n) is 8.83. The second kappa shape index (κ2) is 6.71. The summed E-state index contributed by atoms with van der Waals surface area (Å²) in [5.74, 6) is 0. The van der Waals surface area contributed by atoms with Crippen molar-refractivity contribution in [2.24, 2.45) is 0 Å². The third-order valence-electron chi connectivity index (χ3n) is 5.27. The minimum absolute atomic E-state index is 0.107. The van der Waals surface area contributed by atoms with Gasteiger partial charge in [-0.05, 0) is 68.7 Å². The predicted molar refractivity (Wildman–Crippen MR) is 96.3 cm³/mol. The predicted octanol–water partition coefficient (Wildman–Crippen LogP) is 4.26. The van der Waals surface area contributed by atoms with Gasteiger partial charge in [-0.25, -0.2) is 0 Å². The number of ether oxygens (including phenoxy) is 4. The Morgan fingerprint density at radius 2 is 1.25 bits per heavy atom. The molecule has 0 amide bonds. The lowest BCUT2D eigenvalue weighted by molar-refractivity contribution is 0.293. The van der Waals surface area contributed by atoms with Gasteiger partial charge in [-0.15, -0.1) is 0 Å². The minimum Gasteiger partial charge on any atom is -0.367 e. The minimum atomic E-state index is 0.107. The molecule has 4 rings (SSSR count). The largest absolute Gasteiger partial charge is 0.367 e. The summed E-state index contributed by atoms with van der Waals surface area (Å²) in [5, 5.41) is 0. The van der Waals surface area contributed by atoms with Gasteiger partial charge in [0.25, 0.3) is 0 Å². The molecule has 4 aliphatic heterocycles. The van der Waals surface area contributed by atoms with Crippen LogP contribution in [-0.4, -0.2) is 47.3 Å². The summed E-state index contributed by atoms with van der Waals surface area (Å²) >= 11 is 0. The smallest absolute Gasteiger partial charge is 0.115 e. The van der Waals surface area contributed by atoms with Gasteiger partial charge in [-0.3, -0.25) is 0 Å². The van der Waals surface area contributed by atoms with Crippen LogP contribution in [0.15, 0.2) is 12.2 Å². The van der Waals surface area contributed by atoms with Crippen LogP contribution in [0.25, 0.3) is 0 Å². The fourth-order valence-electron chi connectivity index (χ4n) is 2.62. The van der Waals surface area contributed by atoms with Crippen molar-refractivity contribution in [3.63, 3.8) is 0 Å². The van der Waals surface area contributed by atoms with Crippen LogP contribution >= 0.6 is 0 Å². The van der Waals surface area contributed by atoms with Crippen molar-refractivity contribution in [3.8, 4) is 0 Å². The molecule has 5 unspecified atom stereocenters. The Balaban J connectivity index is 0.000000133. The summed E-state index contributed by atoms with van der Waals surface area (Å²) in [6.45, 7) is 18.9. The fourth-order valence-corrected chi connectivity index (χ4v) is 2.62. The van der Waals surface area contributed by atoms with Gasteiger partial charge in [-0.1, -0.05) is 12.2 Å². The van der Waals surface area contributed by atoms with Crippen molar-refractivity contribution in [2.75, 3.05) is 0 Å². The SMILES string of the molecule is CC1OC1(C)C.CC1OC1C1OC1(C)C.CC=CCC1OC1(C)C. The average molecular weight is 341 g/mol. The van der Waals surface area contributed by atoms with Crippen molar-refractivity contribution in [2.45, 2.75) is 116 Å². The van der Waals surface area contributed by atoms with E-state index in [4.69, 9.17) is 18.9 Å². The van der Waals surface area contributed by atoms with E-state index in [2.05, 4.69) is 67.5 Å². The maximum atomic E-state index is 5.37. The fraction of sp³-hybridized carbons (Fsp3) is 0.900. The first-order chi connectivity index (χ1) is 10.9. The Labute approximate surface area is 147 Å². The normalized spacial score (nSPS) is 41.5. The van der Waals surface area contributed by atoms with Crippen LogP contribution in [0.3, 0.4) is 0 Å². The van der Waals surface area contributed by atoms with E-state index in [1.54, 1.807) is 0 Å². The maximum absolute atomic E-state index is 5.37. The molecule has 24 heavy (non-hydrogen) atoms. The van der Waals surface area contributed by atoms with Gasteiger partial charge in [-0.2, -0.15) is 0 Å². The molecule has 0 bridgehead atoms. The Morgan fingerprint density at radius 3 is 1.42 bits per heavy atom. The van der Waals surface area contributed by atoms with Gasteiger partial charge in [0, 0.05) is 0 Å². The summed E-state index contributed by atoms with van der Waals surface area (Å²) in [6, 6.07) is 0. The molecule has 0 aromatic heterocycles. The number of epoxide rings is 4. The second-order valence-corrected chi connectivity index (χ2v) is 8.83. The average Bonchev–Trinajstić information content (AvgIpc) is 3.38. The zero-order valence-corrected chi connectivity index (χ0v) is 16.9. The molecule has 4 fully saturated rings. The molecule has 5 atom stereocenters. The van der Waals surface area contributed by atoms with Crippen LogP contribution < -0.4 is 0 Å². The molecule has 4 heteroatoms. The lowest BCUT2D eigenvalue weighted by Crippen LogP contribution is -2.09. The summed E-state index contributed by atoms with van der Waals surface area (Å²) in [6.07, 6.45) is 7.50. The van der Waals surface area contributed by atoms with Gasteiger partial charge in [0.05, 0.1) is 35.1 Å². The lowest BCUT2D eigenvalue weighted by atomic mass is 10.1. The molecule has 4 aliphatic rings. The number of hydrogen-bond acceptors (Lipinski definition) is 4. The van der Waals surface area contributed by atoms with Crippen molar-refractivity contribution >= 4 is 0 Å². The highest BCUT2D eigenvalue weighted by Crippen LogP contribution is 2.45. The van der Waals surface area contributed by atoms with Crippen LogP contribution in [0.2, 0.25) is 0 Å². The summed E-state index contributed by atoms with van der Waals surface area (Å²) < 4.78 is 21.1. The van der Waals surface area contributed by atoms with Crippen LogP contribution in [0.1, 0.15) is 68.7 Å². The van der Waals surface area contributed by atoms with E-state index >= 15 is 0 Å². The molecule has 0 aromatic rings. The first kappa shape index (κ1) is 19.9. The highest BCUT2D eigenvalue weighted by molar-refractivity contribution is 5.07. The van der Waals surface area contributed by atoms with Gasteiger partial charge in [0.15, 0.2) is 0 Å². The van der Waals surface area contributed by atoms with Crippen molar-refractivity contribution in [3.05, 3.63) is 12.2 Å². The van der Waals surface area contributed by atoms with E-state index in [0.717, 1.165) is 6.42 Å². The van der Waals surface area contributed by atoms with Crippen LogP contribution in [0.4, 0.5) is 0 Å². The maximum Gasteiger partial charge on any atom is 0.115 e. The van der Waals surface area contributed by atoms with Gasteiger partial charge in [0.1, 0.15) is 12.2 Å². The standard InChI is InChI=1S/C8H14O.C7H12O2.C5H10O/c1-4-5-6-7-8(2,3)9-7;1-4-5(8-4)6-7(2,3)9-6;1-4-5(2,3)6-4/h4-5,7H,6H2,1-3H3;4-6H,1-3H3;4H,1-3H3. The molecule has 0 saturated carbocycles. The van der Waals surface area contributed by atoms with E-state index < -0.39 is 0 Å². The molecule has 4 saturated heterocycles. The lowest BCUT2D eigenvalue weighted by Gasteiger charge is -1.89. The van der Waals surface area contributed by atoms with E-state index in [9.17, 15) is 0 Å². The molecule has 4 nitrogen and oxygen atoms in total. The number of allylic oxidation sites excluding steroid dienone is 1. The van der Waals surface area contributed by atoms with Crippen molar-refractivity contribution in [1.82, 2.24) is 0 Å². The molecule has 0 N–H and O–H groups in total. The Morgan fingerprint density at radius 1 is 0.833 bits per heavy atom. The topological polar surface area (TPSA) is 50.1 Å². The van der Waals surface area contributed by atoms with Gasteiger partial charge >= 0.3 is 0 Å². The molecule has 0 radical (unpaired) electrons. The Kier molecular flexibility index (Phi) is 5.57. The highest BCUT2D eigenvalue weighted by Gasteiger charge is 2.60. The molecule has 0 aliphatic carbocycles. The Hall–Kier alpha value is -0.420. The molecule has 4 heterocycles. The first-order valence-corrected chi connectivity index (χ1v) is 9.21. The molecule has 0 spiro atoms. The Bertz CT molecular complexity index is 466. The van der Waals surface area contributed by atoms with E-state index in [1.165, 1.54) is 0 Å². The van der Waals surface area contributed by atoms with Gasteiger partial charge < -0.3 is 18.9 Å². The van der Waals surface area contributed by atoms with Crippen LogP contribution in [0, 0.1) is 0 Å². The van der Waals surface area contributed by atoms with Crippen LogP contribution in [-0.2, 0) is 18.9 Å². The molecule has 0 aromatic carbocycles. The van der Waals surface area contributed by atoms with Gasteiger partial charge in [0.2, 0.25) is 0 Å². The zero-order valence-electron chi connectivity index (χ0n) is 16.9. The number of rotatable bonds is 3. The molecular formula is C20H36O4. The molecular weight excluding hydrogens is 304 g/mol. The zero-order chi connectivity index (χ0) is 18.3. The summed E-state index contributed by atoms with van der Waals surface area (Å²) in [4.78, 5) is 0. The summed E-state index contributed by atoms with van der Waals surface area (Å²) in [7, 11) is 0. The summed E-state index contributed by atoms with van der Waals surface area (Å²) in [5.41, 5.74) is 0.481.